The number of carbonyl (C=O) groups excluding carboxylic acids is 1. The Kier molecular flexibility index (Phi) is 5.97. The predicted octanol–water partition coefficient (Wildman–Crippen LogP) is 1.35. The van der Waals surface area contributed by atoms with Crippen LogP contribution in [0.1, 0.15) is 16.8 Å². The Morgan fingerprint density at radius 3 is 2.69 bits per heavy atom. The molecule has 1 aliphatic heterocycles. The standard InChI is InChI=1S/C22H25N5O2/c28-21(16-26-11-10-17-6-4-5-7-18(17)15-26)14-23-22(29)12-19-13-24-27(25-19)20-8-2-1-3-9-20/h1-9,13,21,28H,10-12,14-16H2,(H,23,29). The van der Waals surface area contributed by atoms with E-state index in [2.05, 4.69) is 38.6 Å². The minimum Gasteiger partial charge on any atom is -0.390 e. The van der Waals surface area contributed by atoms with Crippen LogP contribution in [0.5, 0.6) is 0 Å². The summed E-state index contributed by atoms with van der Waals surface area (Å²) < 4.78 is 0. The second-order valence-corrected chi connectivity index (χ2v) is 7.35. The summed E-state index contributed by atoms with van der Waals surface area (Å²) in [5.74, 6) is -0.173. The fourth-order valence-corrected chi connectivity index (χ4v) is 3.59. The summed E-state index contributed by atoms with van der Waals surface area (Å²) in [7, 11) is 0. The number of rotatable bonds is 7. The molecule has 29 heavy (non-hydrogen) atoms. The third-order valence-corrected chi connectivity index (χ3v) is 5.08. The molecular formula is C22H25N5O2. The number of benzene rings is 2. The van der Waals surface area contributed by atoms with Crippen LogP contribution in [0.4, 0.5) is 0 Å². The van der Waals surface area contributed by atoms with E-state index in [0.717, 1.165) is 25.2 Å². The zero-order valence-corrected chi connectivity index (χ0v) is 16.2. The molecule has 7 heteroatoms. The second-order valence-electron chi connectivity index (χ2n) is 7.35. The van der Waals surface area contributed by atoms with E-state index >= 15 is 0 Å². The van der Waals surface area contributed by atoms with Gasteiger partial charge in [0, 0.05) is 26.2 Å². The van der Waals surface area contributed by atoms with Gasteiger partial charge >= 0.3 is 0 Å². The molecular weight excluding hydrogens is 366 g/mol. The second kappa shape index (κ2) is 8.98. The number of aliphatic hydroxyl groups is 1. The SMILES string of the molecule is O=C(Cc1cnn(-c2ccccc2)n1)NCC(O)CN1CCc2ccccc2C1. The number of fused-ring (bicyclic) bond motifs is 1. The monoisotopic (exact) mass is 391 g/mol. The Morgan fingerprint density at radius 1 is 1.10 bits per heavy atom. The van der Waals surface area contributed by atoms with Gasteiger partial charge in [0.2, 0.25) is 5.91 Å². The molecule has 0 radical (unpaired) electrons. The fourth-order valence-electron chi connectivity index (χ4n) is 3.59. The molecule has 2 heterocycles. The summed E-state index contributed by atoms with van der Waals surface area (Å²) in [4.78, 5) is 15.9. The van der Waals surface area contributed by atoms with Crippen molar-refractivity contribution in [1.29, 1.82) is 0 Å². The van der Waals surface area contributed by atoms with Crippen LogP contribution in [0.25, 0.3) is 5.69 Å². The molecule has 0 spiro atoms. The summed E-state index contributed by atoms with van der Waals surface area (Å²) in [5, 5.41) is 21.7. The summed E-state index contributed by atoms with van der Waals surface area (Å²) in [6.07, 6.45) is 2.11. The van der Waals surface area contributed by atoms with Gasteiger partial charge in [0.25, 0.3) is 0 Å². The van der Waals surface area contributed by atoms with E-state index in [1.54, 1.807) is 6.20 Å². The molecule has 4 rings (SSSR count). The number of hydrogen-bond donors (Lipinski definition) is 2. The van der Waals surface area contributed by atoms with Gasteiger partial charge in [-0.2, -0.15) is 15.0 Å². The first kappa shape index (κ1) is 19.3. The van der Waals surface area contributed by atoms with Gasteiger partial charge in [0.15, 0.2) is 0 Å². The van der Waals surface area contributed by atoms with Crippen molar-refractivity contribution in [1.82, 2.24) is 25.2 Å². The van der Waals surface area contributed by atoms with Crippen molar-refractivity contribution in [3.05, 3.63) is 77.6 Å². The molecule has 1 aromatic heterocycles. The highest BCUT2D eigenvalue weighted by Gasteiger charge is 2.19. The highest BCUT2D eigenvalue weighted by atomic mass is 16.3. The van der Waals surface area contributed by atoms with Crippen molar-refractivity contribution in [2.75, 3.05) is 19.6 Å². The average molecular weight is 391 g/mol. The maximum absolute atomic E-state index is 12.2. The number of amides is 1. The third kappa shape index (κ3) is 5.07. The van der Waals surface area contributed by atoms with E-state index in [9.17, 15) is 9.90 Å². The Bertz CT molecular complexity index is 957. The molecule has 0 saturated carbocycles. The van der Waals surface area contributed by atoms with Crippen LogP contribution in [0.2, 0.25) is 0 Å². The van der Waals surface area contributed by atoms with Crippen molar-refractivity contribution in [3.8, 4) is 5.69 Å². The molecule has 3 aromatic rings. The molecule has 2 aromatic carbocycles. The first-order valence-corrected chi connectivity index (χ1v) is 9.88. The zero-order valence-electron chi connectivity index (χ0n) is 16.2. The first-order valence-electron chi connectivity index (χ1n) is 9.88. The average Bonchev–Trinajstić information content (AvgIpc) is 3.21. The summed E-state index contributed by atoms with van der Waals surface area (Å²) >= 11 is 0. The van der Waals surface area contributed by atoms with Crippen molar-refractivity contribution in [2.45, 2.75) is 25.5 Å². The van der Waals surface area contributed by atoms with Crippen molar-refractivity contribution >= 4 is 5.91 Å². The summed E-state index contributed by atoms with van der Waals surface area (Å²) in [6.45, 7) is 2.52. The lowest BCUT2D eigenvalue weighted by molar-refractivity contribution is -0.121. The van der Waals surface area contributed by atoms with Crippen molar-refractivity contribution < 1.29 is 9.90 Å². The van der Waals surface area contributed by atoms with Gasteiger partial charge < -0.3 is 10.4 Å². The van der Waals surface area contributed by atoms with Crippen LogP contribution in [0.3, 0.4) is 0 Å². The summed E-state index contributed by atoms with van der Waals surface area (Å²) in [6, 6.07) is 18.0. The van der Waals surface area contributed by atoms with Gasteiger partial charge in [-0.15, -0.1) is 0 Å². The topological polar surface area (TPSA) is 83.3 Å². The highest BCUT2D eigenvalue weighted by molar-refractivity contribution is 5.78. The number of hydrogen-bond acceptors (Lipinski definition) is 5. The molecule has 0 fully saturated rings. The Hall–Kier alpha value is -3.03. The van der Waals surface area contributed by atoms with Gasteiger partial charge in [0.05, 0.1) is 30.1 Å². The maximum Gasteiger partial charge on any atom is 0.226 e. The van der Waals surface area contributed by atoms with Crippen LogP contribution >= 0.6 is 0 Å². The number of aromatic nitrogens is 3. The highest BCUT2D eigenvalue weighted by Crippen LogP contribution is 2.18. The van der Waals surface area contributed by atoms with Crippen LogP contribution in [-0.4, -0.2) is 56.6 Å². The zero-order chi connectivity index (χ0) is 20.1. The minimum atomic E-state index is -0.607. The van der Waals surface area contributed by atoms with Crippen molar-refractivity contribution in [3.63, 3.8) is 0 Å². The smallest absolute Gasteiger partial charge is 0.226 e. The Balaban J connectivity index is 1.22. The van der Waals surface area contributed by atoms with Crippen LogP contribution < -0.4 is 5.32 Å². The lowest BCUT2D eigenvalue weighted by Gasteiger charge is -2.30. The number of nitrogens with one attached hydrogen (secondary N) is 1. The summed E-state index contributed by atoms with van der Waals surface area (Å²) in [5.41, 5.74) is 4.14. The molecule has 1 unspecified atom stereocenters. The predicted molar refractivity (Wildman–Crippen MR) is 110 cm³/mol. The first-order chi connectivity index (χ1) is 14.2. The molecule has 1 amide bonds. The van der Waals surface area contributed by atoms with E-state index in [4.69, 9.17) is 0 Å². The number of carbonyl (C=O) groups is 1. The molecule has 0 bridgehead atoms. The largest absolute Gasteiger partial charge is 0.390 e. The quantitative estimate of drug-likeness (QED) is 0.635. The third-order valence-electron chi connectivity index (χ3n) is 5.08. The van der Waals surface area contributed by atoms with Gasteiger partial charge in [-0.3, -0.25) is 9.69 Å². The van der Waals surface area contributed by atoms with Gasteiger partial charge in [-0.25, -0.2) is 0 Å². The molecule has 0 aliphatic carbocycles. The molecule has 2 N–H and O–H groups in total. The molecule has 0 saturated heterocycles. The minimum absolute atomic E-state index is 0.136. The van der Waals surface area contributed by atoms with Gasteiger partial charge in [-0.05, 0) is 29.7 Å². The maximum atomic E-state index is 12.2. The van der Waals surface area contributed by atoms with E-state index in [0.29, 0.717) is 12.2 Å². The van der Waals surface area contributed by atoms with Crippen LogP contribution in [0, 0.1) is 0 Å². The van der Waals surface area contributed by atoms with E-state index in [-0.39, 0.29) is 18.9 Å². The van der Waals surface area contributed by atoms with E-state index in [1.165, 1.54) is 15.9 Å². The molecule has 1 aliphatic rings. The molecule has 1 atom stereocenters. The Morgan fingerprint density at radius 2 is 1.86 bits per heavy atom. The number of aliphatic hydroxyl groups excluding tert-OH is 1. The molecule has 150 valence electrons. The lowest BCUT2D eigenvalue weighted by Crippen LogP contribution is -2.42. The fraction of sp³-hybridized carbons (Fsp3) is 0.318. The van der Waals surface area contributed by atoms with E-state index in [1.807, 2.05) is 36.4 Å². The van der Waals surface area contributed by atoms with E-state index < -0.39 is 6.10 Å². The number of β-amino-alcohol motifs (C(OH)–C–C–N with tert-alkyl or cyclic N) is 1. The van der Waals surface area contributed by atoms with Crippen LogP contribution in [-0.2, 0) is 24.2 Å². The Labute approximate surface area is 170 Å². The van der Waals surface area contributed by atoms with Crippen LogP contribution in [0.15, 0.2) is 60.8 Å². The van der Waals surface area contributed by atoms with Gasteiger partial charge in [0.1, 0.15) is 0 Å². The molecule has 7 nitrogen and oxygen atoms in total. The normalized spacial score (nSPS) is 14.9. The lowest BCUT2D eigenvalue weighted by atomic mass is 10.00. The number of nitrogens with zero attached hydrogens (tertiary/aromatic N) is 4. The van der Waals surface area contributed by atoms with Gasteiger partial charge in [-0.1, -0.05) is 42.5 Å². The van der Waals surface area contributed by atoms with Crippen molar-refractivity contribution in [2.24, 2.45) is 0 Å². The number of para-hydroxylation sites is 1.